The summed E-state index contributed by atoms with van der Waals surface area (Å²) >= 11 is 0. The fourth-order valence-corrected chi connectivity index (χ4v) is 2.65. The van der Waals surface area contributed by atoms with Crippen LogP contribution in [0.25, 0.3) is 0 Å². The number of anilines is 1. The molecule has 5 nitrogen and oxygen atoms in total. The van der Waals surface area contributed by atoms with Crippen molar-refractivity contribution in [2.75, 3.05) is 11.5 Å². The number of carbonyl (C=O) groups is 1. The van der Waals surface area contributed by atoms with Crippen LogP contribution in [0.5, 0.6) is 0 Å². The standard InChI is InChI=1S/C14H21N3O2/c1-4-19-14(18)12-8-9-13(16-15-12)17-10(2)6-5-7-11(17)3/h8-11H,4-7H2,1-3H3/t10-,11+. The van der Waals surface area contributed by atoms with Crippen LogP contribution in [0, 0.1) is 0 Å². The summed E-state index contributed by atoms with van der Waals surface area (Å²) in [6.07, 6.45) is 3.60. The van der Waals surface area contributed by atoms with Gasteiger partial charge in [0.15, 0.2) is 11.5 Å². The molecular weight excluding hydrogens is 242 g/mol. The molecule has 0 radical (unpaired) electrons. The Morgan fingerprint density at radius 1 is 1.32 bits per heavy atom. The smallest absolute Gasteiger partial charge is 0.358 e. The Kier molecular flexibility index (Phi) is 4.35. The SMILES string of the molecule is CCOC(=O)c1ccc(N2[C@H](C)CCC[C@@H]2C)nn1. The second kappa shape index (κ2) is 5.99. The number of ether oxygens (including phenoxy) is 1. The molecule has 104 valence electrons. The average Bonchev–Trinajstić information content (AvgIpc) is 2.39. The quantitative estimate of drug-likeness (QED) is 0.784. The molecule has 19 heavy (non-hydrogen) atoms. The molecule has 0 spiro atoms. The molecule has 2 atom stereocenters. The molecule has 0 amide bonds. The van der Waals surface area contributed by atoms with Gasteiger partial charge in [0.1, 0.15) is 0 Å². The fraction of sp³-hybridized carbons (Fsp3) is 0.643. The van der Waals surface area contributed by atoms with Crippen molar-refractivity contribution in [2.24, 2.45) is 0 Å². The van der Waals surface area contributed by atoms with E-state index in [1.165, 1.54) is 19.3 Å². The van der Waals surface area contributed by atoms with Crippen molar-refractivity contribution in [1.29, 1.82) is 0 Å². The highest BCUT2D eigenvalue weighted by atomic mass is 16.5. The van der Waals surface area contributed by atoms with Gasteiger partial charge in [-0.05, 0) is 52.2 Å². The first-order valence-electron chi connectivity index (χ1n) is 6.92. The minimum Gasteiger partial charge on any atom is -0.461 e. The maximum atomic E-state index is 11.5. The summed E-state index contributed by atoms with van der Waals surface area (Å²) in [5.74, 6) is 0.425. The Labute approximate surface area is 114 Å². The third kappa shape index (κ3) is 3.03. The number of hydrogen-bond acceptors (Lipinski definition) is 5. The lowest BCUT2D eigenvalue weighted by Crippen LogP contribution is -2.44. The molecule has 2 rings (SSSR count). The molecule has 0 N–H and O–H groups in total. The molecule has 5 heteroatoms. The molecule has 2 heterocycles. The predicted molar refractivity (Wildman–Crippen MR) is 73.2 cm³/mol. The largest absolute Gasteiger partial charge is 0.461 e. The van der Waals surface area contributed by atoms with E-state index in [1.807, 2.05) is 6.07 Å². The maximum absolute atomic E-state index is 11.5. The predicted octanol–water partition coefficient (Wildman–Crippen LogP) is 2.42. The average molecular weight is 263 g/mol. The van der Waals surface area contributed by atoms with Crippen molar-refractivity contribution < 1.29 is 9.53 Å². The summed E-state index contributed by atoms with van der Waals surface area (Å²) in [7, 11) is 0. The zero-order chi connectivity index (χ0) is 13.8. The van der Waals surface area contributed by atoms with E-state index in [9.17, 15) is 4.79 Å². The van der Waals surface area contributed by atoms with Gasteiger partial charge in [-0.3, -0.25) is 0 Å². The summed E-state index contributed by atoms with van der Waals surface area (Å²) in [6.45, 7) is 6.53. The van der Waals surface area contributed by atoms with Gasteiger partial charge in [-0.15, -0.1) is 10.2 Å². The maximum Gasteiger partial charge on any atom is 0.358 e. The highest BCUT2D eigenvalue weighted by molar-refractivity contribution is 5.87. The lowest BCUT2D eigenvalue weighted by atomic mass is 9.97. The van der Waals surface area contributed by atoms with E-state index in [0.717, 1.165) is 5.82 Å². The number of aromatic nitrogens is 2. The van der Waals surface area contributed by atoms with Crippen LogP contribution in [-0.2, 0) is 4.74 Å². The lowest BCUT2D eigenvalue weighted by molar-refractivity contribution is 0.0518. The topological polar surface area (TPSA) is 55.3 Å². The van der Waals surface area contributed by atoms with E-state index >= 15 is 0 Å². The zero-order valence-electron chi connectivity index (χ0n) is 11.8. The molecule has 0 unspecified atom stereocenters. The van der Waals surface area contributed by atoms with Crippen molar-refractivity contribution in [3.63, 3.8) is 0 Å². The summed E-state index contributed by atoms with van der Waals surface area (Å²) in [5.41, 5.74) is 0.267. The van der Waals surface area contributed by atoms with Crippen LogP contribution in [0.4, 0.5) is 5.82 Å². The molecular formula is C14H21N3O2. The van der Waals surface area contributed by atoms with E-state index in [2.05, 4.69) is 28.9 Å². The summed E-state index contributed by atoms with van der Waals surface area (Å²) < 4.78 is 4.90. The highest BCUT2D eigenvalue weighted by Gasteiger charge is 2.26. The number of rotatable bonds is 3. The van der Waals surface area contributed by atoms with E-state index in [-0.39, 0.29) is 5.69 Å². The van der Waals surface area contributed by atoms with Crippen molar-refractivity contribution >= 4 is 11.8 Å². The van der Waals surface area contributed by atoms with Crippen molar-refractivity contribution in [3.8, 4) is 0 Å². The Bertz CT molecular complexity index is 423. The third-order valence-corrected chi connectivity index (χ3v) is 3.59. The lowest BCUT2D eigenvalue weighted by Gasteiger charge is -2.39. The van der Waals surface area contributed by atoms with E-state index < -0.39 is 5.97 Å². The molecule has 0 saturated carbocycles. The zero-order valence-corrected chi connectivity index (χ0v) is 11.8. The number of esters is 1. The van der Waals surface area contributed by atoms with Crippen LogP contribution in [0.2, 0.25) is 0 Å². The second-order valence-corrected chi connectivity index (χ2v) is 5.03. The molecule has 0 bridgehead atoms. The minimum absolute atomic E-state index is 0.267. The fourth-order valence-electron chi connectivity index (χ4n) is 2.65. The van der Waals surface area contributed by atoms with Gasteiger partial charge in [-0.1, -0.05) is 0 Å². The Morgan fingerprint density at radius 3 is 2.53 bits per heavy atom. The molecule has 1 aromatic rings. The number of carbonyl (C=O) groups excluding carboxylic acids is 1. The monoisotopic (exact) mass is 263 g/mol. The van der Waals surface area contributed by atoms with Crippen LogP contribution in [-0.4, -0.2) is 34.9 Å². The van der Waals surface area contributed by atoms with Crippen LogP contribution < -0.4 is 4.90 Å². The van der Waals surface area contributed by atoms with Crippen LogP contribution in [0.15, 0.2) is 12.1 Å². The van der Waals surface area contributed by atoms with E-state index in [4.69, 9.17) is 4.74 Å². The molecule has 1 saturated heterocycles. The van der Waals surface area contributed by atoms with Crippen molar-refractivity contribution in [2.45, 2.75) is 52.1 Å². The van der Waals surface area contributed by atoms with Crippen molar-refractivity contribution in [1.82, 2.24) is 10.2 Å². The molecule has 0 aromatic carbocycles. The first-order chi connectivity index (χ1) is 9.13. The Morgan fingerprint density at radius 2 is 2.00 bits per heavy atom. The van der Waals surface area contributed by atoms with Crippen LogP contribution >= 0.6 is 0 Å². The van der Waals surface area contributed by atoms with E-state index in [1.54, 1.807) is 13.0 Å². The van der Waals surface area contributed by atoms with Crippen LogP contribution in [0.1, 0.15) is 50.5 Å². The van der Waals surface area contributed by atoms with Crippen LogP contribution in [0.3, 0.4) is 0 Å². The summed E-state index contributed by atoms with van der Waals surface area (Å²) in [4.78, 5) is 13.8. The Balaban J connectivity index is 2.15. The number of nitrogens with zero attached hydrogens (tertiary/aromatic N) is 3. The normalized spacial score (nSPS) is 23.2. The number of hydrogen-bond donors (Lipinski definition) is 0. The minimum atomic E-state index is -0.415. The molecule has 1 aromatic heterocycles. The number of piperidine rings is 1. The van der Waals surface area contributed by atoms with E-state index in [0.29, 0.717) is 18.7 Å². The van der Waals surface area contributed by atoms with Crippen molar-refractivity contribution in [3.05, 3.63) is 17.8 Å². The Hall–Kier alpha value is -1.65. The summed E-state index contributed by atoms with van der Waals surface area (Å²) in [5, 5.41) is 8.16. The van der Waals surface area contributed by atoms with Gasteiger partial charge >= 0.3 is 5.97 Å². The second-order valence-electron chi connectivity index (χ2n) is 5.03. The van der Waals surface area contributed by atoms with Gasteiger partial charge in [0.25, 0.3) is 0 Å². The summed E-state index contributed by atoms with van der Waals surface area (Å²) in [6, 6.07) is 4.48. The van der Waals surface area contributed by atoms with Gasteiger partial charge in [0.05, 0.1) is 6.61 Å². The molecule has 1 fully saturated rings. The molecule has 1 aliphatic rings. The molecule has 0 aliphatic carbocycles. The van der Waals surface area contributed by atoms with Gasteiger partial charge in [-0.25, -0.2) is 4.79 Å². The van der Waals surface area contributed by atoms with Gasteiger partial charge in [-0.2, -0.15) is 0 Å². The van der Waals surface area contributed by atoms with Gasteiger partial charge < -0.3 is 9.64 Å². The van der Waals surface area contributed by atoms with Gasteiger partial charge in [0, 0.05) is 12.1 Å². The molecule has 1 aliphatic heterocycles. The first-order valence-corrected chi connectivity index (χ1v) is 6.92. The van der Waals surface area contributed by atoms with Gasteiger partial charge in [0.2, 0.25) is 0 Å². The third-order valence-electron chi connectivity index (χ3n) is 3.59. The first kappa shape index (κ1) is 13.8. The highest BCUT2D eigenvalue weighted by Crippen LogP contribution is 2.27.